The summed E-state index contributed by atoms with van der Waals surface area (Å²) in [5, 5.41) is 0. The van der Waals surface area contributed by atoms with Gasteiger partial charge < -0.3 is 0 Å². The van der Waals surface area contributed by atoms with Crippen LogP contribution in [0.1, 0.15) is 83.3 Å². The molecule has 0 saturated heterocycles. The zero-order valence-corrected chi connectivity index (χ0v) is 33.1. The summed E-state index contributed by atoms with van der Waals surface area (Å²) in [5.41, 5.74) is 7.35. The number of halogens is 2. The van der Waals surface area contributed by atoms with Crippen molar-refractivity contribution < 1.29 is 23.3 Å². The maximum absolute atomic E-state index is 3.06. The first-order chi connectivity index (χ1) is 21.5. The van der Waals surface area contributed by atoms with Crippen LogP contribution in [0.5, 0.6) is 0 Å². The normalized spacial score (nSPS) is 25.1. The van der Waals surface area contributed by atoms with Crippen LogP contribution >= 0.6 is 24.8 Å². The summed E-state index contributed by atoms with van der Waals surface area (Å²) in [5.74, 6) is 6.00. The molecule has 0 bridgehead atoms. The van der Waals surface area contributed by atoms with Crippen molar-refractivity contribution in [1.82, 2.24) is 0 Å². The molecule has 46 heavy (non-hydrogen) atoms. The van der Waals surface area contributed by atoms with E-state index in [1.165, 1.54) is 61.9 Å². The van der Waals surface area contributed by atoms with E-state index in [4.69, 9.17) is 0 Å². The van der Waals surface area contributed by atoms with E-state index in [9.17, 15) is 0 Å². The minimum atomic E-state index is 0. The number of hydrogen-bond donors (Lipinski definition) is 0. The third-order valence-electron chi connectivity index (χ3n) is 10.7. The molecule has 0 spiro atoms. The molecule has 0 aliphatic heterocycles. The smallest absolute Gasteiger partial charge is 0.171 e. The predicted octanol–water partition coefficient (Wildman–Crippen LogP) is 11.5. The van der Waals surface area contributed by atoms with Gasteiger partial charge in [-0.2, -0.15) is 78.9 Å². The SMILES string of the molecule is C[C-]1C2=C3Cc4ccccc4C3C3CCCCC3C2CC(C)C1(C)C.Cl.Cl.[C-]1=CC=CC1.[Si]=[Zr].[c-]1ccccc1.[c-]1ccccc1. The summed E-state index contributed by atoms with van der Waals surface area (Å²) in [6.45, 7) is 13.1. The van der Waals surface area contributed by atoms with Gasteiger partial charge in [0.1, 0.15) is 0 Å². The molecule has 3 aromatic carbocycles. The van der Waals surface area contributed by atoms with Gasteiger partial charge in [-0.1, -0.05) is 99.1 Å². The number of rotatable bonds is 0. The molecule has 2 fully saturated rings. The Labute approximate surface area is 310 Å². The molecule has 0 heterocycles. The minimum Gasteiger partial charge on any atom is -0.184 e. The maximum atomic E-state index is 3.06. The molecule has 3 aromatic rings. The summed E-state index contributed by atoms with van der Waals surface area (Å²) in [7, 11) is 0. The Kier molecular flexibility index (Phi) is 18.3. The fraction of sp³-hybridized carbons (Fsp3) is 0.405. The van der Waals surface area contributed by atoms with Gasteiger partial charge in [0.15, 0.2) is 0 Å². The summed E-state index contributed by atoms with van der Waals surface area (Å²) >= 11 is 1.36. The van der Waals surface area contributed by atoms with E-state index in [0.29, 0.717) is 5.41 Å². The third kappa shape index (κ3) is 9.98. The molecule has 0 N–H and O–H groups in total. The van der Waals surface area contributed by atoms with Crippen LogP contribution in [-0.2, 0) is 29.8 Å². The third-order valence-corrected chi connectivity index (χ3v) is 10.7. The summed E-state index contributed by atoms with van der Waals surface area (Å²) in [6.07, 6.45) is 18.5. The summed E-state index contributed by atoms with van der Waals surface area (Å²) < 4.78 is 0. The van der Waals surface area contributed by atoms with Crippen LogP contribution in [0.4, 0.5) is 0 Å². The number of benzene rings is 3. The fourth-order valence-corrected chi connectivity index (χ4v) is 8.03. The monoisotopic (exact) mass is 742 g/mol. The van der Waals surface area contributed by atoms with Crippen LogP contribution in [0.3, 0.4) is 0 Å². The van der Waals surface area contributed by atoms with E-state index in [2.05, 4.69) is 83.1 Å². The first kappa shape index (κ1) is 40.6. The van der Waals surface area contributed by atoms with Gasteiger partial charge in [-0.3, -0.25) is 6.08 Å². The van der Waals surface area contributed by atoms with E-state index in [1.807, 2.05) is 84.0 Å². The molecule has 8 rings (SSSR count). The van der Waals surface area contributed by atoms with Crippen molar-refractivity contribution >= 4 is 31.7 Å². The molecule has 5 aliphatic carbocycles. The second-order valence-corrected chi connectivity index (χ2v) is 13.2. The molecule has 5 unspecified atom stereocenters. The largest absolute Gasteiger partial charge is 0.184 e. The van der Waals surface area contributed by atoms with E-state index in [-0.39, 0.29) is 24.8 Å². The molecule has 2 saturated carbocycles. The molecule has 0 amide bonds. The van der Waals surface area contributed by atoms with Crippen LogP contribution in [0, 0.1) is 53.2 Å². The van der Waals surface area contributed by atoms with Crippen molar-refractivity contribution in [3.05, 3.63) is 150 Å². The number of fused-ring (bicyclic) bond motifs is 7. The van der Waals surface area contributed by atoms with Crippen molar-refractivity contribution in [2.75, 3.05) is 0 Å². The second kappa shape index (κ2) is 20.7. The Morgan fingerprint density at radius 1 is 0.826 bits per heavy atom. The van der Waals surface area contributed by atoms with Gasteiger partial charge in [0.2, 0.25) is 0 Å². The molecule has 2 radical (unpaired) electrons. The van der Waals surface area contributed by atoms with Crippen molar-refractivity contribution in [3.63, 3.8) is 0 Å². The van der Waals surface area contributed by atoms with E-state index >= 15 is 0 Å². The van der Waals surface area contributed by atoms with Gasteiger partial charge >= 0.3 is 30.2 Å². The maximum Gasteiger partial charge on any atom is -0.171 e. The van der Waals surface area contributed by atoms with E-state index < -0.39 is 0 Å². The number of allylic oxidation sites excluding steroid dienone is 6. The summed E-state index contributed by atoms with van der Waals surface area (Å²) in [4.78, 5) is 0. The minimum absolute atomic E-state index is 0. The van der Waals surface area contributed by atoms with Gasteiger partial charge in [0.25, 0.3) is 0 Å². The second-order valence-electron chi connectivity index (χ2n) is 13.2. The first-order valence-electron chi connectivity index (χ1n) is 16.4. The van der Waals surface area contributed by atoms with Gasteiger partial charge in [0.05, 0.1) is 0 Å². The van der Waals surface area contributed by atoms with Gasteiger partial charge in [0, 0.05) is 0 Å². The average molecular weight is 745 g/mol. The Bertz CT molecular complexity index is 1270. The predicted molar refractivity (Wildman–Crippen MR) is 198 cm³/mol. The van der Waals surface area contributed by atoms with Crippen molar-refractivity contribution in [3.8, 4) is 0 Å². The van der Waals surface area contributed by atoms with Crippen LogP contribution in [0.2, 0.25) is 0 Å². The molecular weight excluding hydrogens is 695 g/mol. The van der Waals surface area contributed by atoms with Gasteiger partial charge in [-0.25, -0.2) is 29.2 Å². The Morgan fingerprint density at radius 2 is 1.41 bits per heavy atom. The molecule has 0 nitrogen and oxygen atoms in total. The quantitative estimate of drug-likeness (QED) is 0.159. The van der Waals surface area contributed by atoms with Crippen molar-refractivity contribution in [1.29, 1.82) is 0 Å². The van der Waals surface area contributed by atoms with E-state index in [0.717, 1.165) is 36.0 Å². The topological polar surface area (TPSA) is 0 Å². The van der Waals surface area contributed by atoms with Crippen LogP contribution in [0.25, 0.3) is 0 Å². The first-order valence-corrected chi connectivity index (χ1v) is 20.6. The molecule has 5 aliphatic rings. The molecule has 5 atom stereocenters. The summed E-state index contributed by atoms with van der Waals surface area (Å²) in [6, 6.07) is 34.4. The standard InChI is InChI=1S/C25H33.2C6H5.C5H5.2ClH.Si.Zr/c1-15-13-21-19-11-7-8-12-20(19)24-18-10-6-5-9-17(18)14-22(24)23(21)16(2)25(15,3)4;2*1-2-4-6-5-3-1;1-2-4-5-3-1;;;;/h5-6,9-10,15,19-21,24H,7-8,11-14H2,1-4H3;2*1-5H;1-3H,4H2;2*1H;;/q4*-1;;;;. The molecule has 244 valence electrons. The Morgan fingerprint density at radius 3 is 1.89 bits per heavy atom. The zero-order chi connectivity index (χ0) is 31.4. The van der Waals surface area contributed by atoms with Gasteiger partial charge in [-0.05, 0) is 30.6 Å². The number of hydrogen-bond acceptors (Lipinski definition) is 0. The van der Waals surface area contributed by atoms with Crippen LogP contribution in [-0.4, -0.2) is 6.88 Å². The zero-order valence-electron chi connectivity index (χ0n) is 28.0. The molecule has 0 aromatic heterocycles. The Hall–Kier alpha value is -1.57. The van der Waals surface area contributed by atoms with Crippen molar-refractivity contribution in [2.45, 2.75) is 78.6 Å². The van der Waals surface area contributed by atoms with Crippen LogP contribution in [0.15, 0.2) is 114 Å². The fourth-order valence-electron chi connectivity index (χ4n) is 8.03. The Balaban J connectivity index is 0.000000286. The average Bonchev–Trinajstić information content (AvgIpc) is 3.80. The van der Waals surface area contributed by atoms with Gasteiger partial charge in [-0.15, -0.1) is 38.2 Å². The van der Waals surface area contributed by atoms with E-state index in [1.54, 1.807) is 17.0 Å². The van der Waals surface area contributed by atoms with Crippen molar-refractivity contribution in [2.24, 2.45) is 29.1 Å². The van der Waals surface area contributed by atoms with Crippen LogP contribution < -0.4 is 0 Å². The molecular formula is C42H50Cl2SiZr-4. The molecule has 4 heteroatoms.